The lowest BCUT2D eigenvalue weighted by Crippen LogP contribution is -2.35. The van der Waals surface area contributed by atoms with Crippen molar-refractivity contribution < 1.29 is 19.1 Å². The highest BCUT2D eigenvalue weighted by Crippen LogP contribution is 2.38. The van der Waals surface area contributed by atoms with E-state index in [1.54, 1.807) is 49.2 Å². The molecule has 3 aromatic rings. The van der Waals surface area contributed by atoms with Crippen molar-refractivity contribution in [2.75, 3.05) is 55.6 Å². The first-order valence-electron chi connectivity index (χ1n) is 12.2. The van der Waals surface area contributed by atoms with E-state index in [0.717, 1.165) is 5.56 Å². The molecular weight excluding hydrogens is 482 g/mol. The molecule has 1 aliphatic rings. The predicted molar refractivity (Wildman–Crippen MR) is 151 cm³/mol. The average Bonchev–Trinajstić information content (AvgIpc) is 3.21. The van der Waals surface area contributed by atoms with Crippen LogP contribution in [0.25, 0.3) is 11.3 Å². The van der Waals surface area contributed by atoms with E-state index >= 15 is 0 Å². The standard InChI is InChI=1S/C29H31N5O4/c1-5-38-29(37)19-11-13-21-23(15-19)32-28(36)26(21)27(18-9-7-6-8-10-18)31-20-12-14-24(22(30)16-20)34(4)25(35)17-33(2)3/h6-16,31H,5,17,30H2,1-4H3,(H,32,36)/b27-26+. The number of carbonyl (C=O) groups excluding carboxylic acids is 3. The molecule has 4 rings (SSSR count). The third-order valence-electron chi connectivity index (χ3n) is 6.07. The van der Waals surface area contributed by atoms with Gasteiger partial charge in [-0.25, -0.2) is 4.79 Å². The highest BCUT2D eigenvalue weighted by molar-refractivity contribution is 6.37. The van der Waals surface area contributed by atoms with Crippen LogP contribution in [-0.4, -0.2) is 57.0 Å². The molecule has 0 unspecified atom stereocenters. The summed E-state index contributed by atoms with van der Waals surface area (Å²) in [5, 5.41) is 6.24. The molecule has 1 aliphatic heterocycles. The fourth-order valence-corrected chi connectivity index (χ4v) is 4.24. The number of hydrogen-bond acceptors (Lipinski definition) is 7. The molecule has 0 aliphatic carbocycles. The van der Waals surface area contributed by atoms with E-state index in [0.29, 0.717) is 45.1 Å². The van der Waals surface area contributed by atoms with Gasteiger partial charge < -0.3 is 30.9 Å². The van der Waals surface area contributed by atoms with Crippen LogP contribution in [0.1, 0.15) is 28.4 Å². The number of nitrogen functional groups attached to an aromatic ring is 1. The molecule has 1 heterocycles. The van der Waals surface area contributed by atoms with Crippen molar-refractivity contribution in [1.82, 2.24) is 4.90 Å². The maximum absolute atomic E-state index is 13.2. The van der Waals surface area contributed by atoms with Crippen LogP contribution < -0.4 is 21.3 Å². The molecule has 9 heteroatoms. The van der Waals surface area contributed by atoms with Crippen molar-refractivity contribution >= 4 is 51.8 Å². The maximum atomic E-state index is 13.2. The van der Waals surface area contributed by atoms with Gasteiger partial charge in [0, 0.05) is 18.3 Å². The minimum absolute atomic E-state index is 0.0871. The van der Waals surface area contributed by atoms with E-state index in [2.05, 4.69) is 10.6 Å². The molecule has 0 radical (unpaired) electrons. The number of benzene rings is 3. The molecule has 3 aromatic carbocycles. The second-order valence-electron chi connectivity index (χ2n) is 9.14. The molecule has 9 nitrogen and oxygen atoms in total. The summed E-state index contributed by atoms with van der Waals surface area (Å²) in [6, 6.07) is 19.8. The number of anilines is 4. The van der Waals surface area contributed by atoms with Gasteiger partial charge in [0.25, 0.3) is 5.91 Å². The number of nitrogens with one attached hydrogen (secondary N) is 2. The molecular formula is C29H31N5O4. The number of fused-ring (bicyclic) bond motifs is 1. The molecule has 2 amide bonds. The van der Waals surface area contributed by atoms with Crippen LogP contribution in [0.3, 0.4) is 0 Å². The van der Waals surface area contributed by atoms with E-state index < -0.39 is 5.97 Å². The Labute approximate surface area is 221 Å². The van der Waals surface area contributed by atoms with Crippen molar-refractivity contribution in [2.24, 2.45) is 0 Å². The Kier molecular flexibility index (Phi) is 7.78. The lowest BCUT2D eigenvalue weighted by molar-refractivity contribution is -0.119. The van der Waals surface area contributed by atoms with Gasteiger partial charge in [-0.15, -0.1) is 0 Å². The lowest BCUT2D eigenvalue weighted by Gasteiger charge is -2.22. The number of nitrogens with zero attached hydrogens (tertiary/aromatic N) is 2. The summed E-state index contributed by atoms with van der Waals surface area (Å²) < 4.78 is 5.09. The molecule has 4 N–H and O–H groups in total. The van der Waals surface area contributed by atoms with Crippen molar-refractivity contribution in [1.29, 1.82) is 0 Å². The quantitative estimate of drug-likeness (QED) is 0.238. The highest BCUT2D eigenvalue weighted by Gasteiger charge is 2.29. The predicted octanol–water partition coefficient (Wildman–Crippen LogP) is 3.90. The van der Waals surface area contributed by atoms with Gasteiger partial charge in [0.1, 0.15) is 0 Å². The van der Waals surface area contributed by atoms with Crippen LogP contribution in [-0.2, 0) is 14.3 Å². The second-order valence-corrected chi connectivity index (χ2v) is 9.14. The van der Waals surface area contributed by atoms with Gasteiger partial charge in [-0.1, -0.05) is 36.4 Å². The third kappa shape index (κ3) is 5.52. The first-order valence-corrected chi connectivity index (χ1v) is 12.2. The zero-order valence-corrected chi connectivity index (χ0v) is 21.9. The summed E-state index contributed by atoms with van der Waals surface area (Å²) in [5.41, 5.74) is 11.4. The van der Waals surface area contributed by atoms with E-state index in [1.165, 1.54) is 4.90 Å². The lowest BCUT2D eigenvalue weighted by atomic mass is 9.99. The molecule has 0 saturated heterocycles. The molecule has 0 atom stereocenters. The second kappa shape index (κ2) is 11.2. The topological polar surface area (TPSA) is 117 Å². The van der Waals surface area contributed by atoms with Crippen LogP contribution in [0.2, 0.25) is 0 Å². The van der Waals surface area contributed by atoms with E-state index in [9.17, 15) is 14.4 Å². The zero-order valence-electron chi connectivity index (χ0n) is 21.9. The third-order valence-corrected chi connectivity index (χ3v) is 6.07. The summed E-state index contributed by atoms with van der Waals surface area (Å²) >= 11 is 0. The Balaban J connectivity index is 1.74. The minimum atomic E-state index is -0.451. The number of hydrogen-bond donors (Lipinski definition) is 3. The van der Waals surface area contributed by atoms with Gasteiger partial charge in [0.05, 0.1) is 47.0 Å². The molecule has 0 saturated carbocycles. The molecule has 0 fully saturated rings. The fraction of sp³-hybridized carbons (Fsp3) is 0.207. The first kappa shape index (κ1) is 26.4. The molecule has 0 aromatic heterocycles. The number of rotatable bonds is 8. The molecule has 196 valence electrons. The normalized spacial score (nSPS) is 13.6. The van der Waals surface area contributed by atoms with Crippen LogP contribution in [0.4, 0.5) is 22.7 Å². The summed E-state index contributed by atoms with van der Waals surface area (Å²) in [4.78, 5) is 41.3. The molecule has 38 heavy (non-hydrogen) atoms. The van der Waals surface area contributed by atoms with Gasteiger partial charge in [-0.3, -0.25) is 9.59 Å². The van der Waals surface area contributed by atoms with Gasteiger partial charge >= 0.3 is 5.97 Å². The van der Waals surface area contributed by atoms with Crippen molar-refractivity contribution in [3.63, 3.8) is 0 Å². The number of nitrogens with two attached hydrogens (primary N) is 1. The monoisotopic (exact) mass is 513 g/mol. The van der Waals surface area contributed by atoms with Crippen molar-refractivity contribution in [3.05, 3.63) is 83.4 Å². The number of ether oxygens (including phenoxy) is 1. The Morgan fingerprint density at radius 3 is 2.37 bits per heavy atom. The summed E-state index contributed by atoms with van der Waals surface area (Å²) in [5.74, 6) is -0.838. The largest absolute Gasteiger partial charge is 0.462 e. The van der Waals surface area contributed by atoms with Crippen LogP contribution in [0.15, 0.2) is 66.7 Å². The first-order chi connectivity index (χ1) is 18.2. The maximum Gasteiger partial charge on any atom is 0.338 e. The Hall–Kier alpha value is -4.63. The molecule has 0 spiro atoms. The van der Waals surface area contributed by atoms with E-state index in [-0.39, 0.29) is 25.0 Å². The summed E-state index contributed by atoms with van der Waals surface area (Å²) in [6.45, 7) is 2.26. The number of likely N-dealkylation sites (N-methyl/N-ethyl adjacent to an activating group) is 2. The zero-order chi connectivity index (χ0) is 27.4. The van der Waals surface area contributed by atoms with Gasteiger partial charge in [-0.05, 0) is 56.9 Å². The van der Waals surface area contributed by atoms with Gasteiger partial charge in [0.2, 0.25) is 5.91 Å². The number of carbonyl (C=O) groups is 3. The molecule has 0 bridgehead atoms. The van der Waals surface area contributed by atoms with Crippen molar-refractivity contribution in [3.8, 4) is 0 Å². The highest BCUT2D eigenvalue weighted by atomic mass is 16.5. The van der Waals surface area contributed by atoms with Crippen LogP contribution >= 0.6 is 0 Å². The minimum Gasteiger partial charge on any atom is -0.462 e. The van der Waals surface area contributed by atoms with Crippen LogP contribution in [0.5, 0.6) is 0 Å². The Bertz CT molecular complexity index is 1420. The fourth-order valence-electron chi connectivity index (χ4n) is 4.24. The van der Waals surface area contributed by atoms with Gasteiger partial charge in [0.15, 0.2) is 0 Å². The SMILES string of the molecule is CCOC(=O)c1ccc2c(c1)NC(=O)/C2=C(/Nc1ccc(N(C)C(=O)CN(C)C)c(N)c1)c1ccccc1. The number of amides is 2. The summed E-state index contributed by atoms with van der Waals surface area (Å²) in [6.07, 6.45) is 0. The average molecular weight is 514 g/mol. The summed E-state index contributed by atoms with van der Waals surface area (Å²) in [7, 11) is 5.34. The van der Waals surface area contributed by atoms with E-state index in [4.69, 9.17) is 10.5 Å². The Morgan fingerprint density at radius 1 is 0.974 bits per heavy atom. The Morgan fingerprint density at radius 2 is 1.71 bits per heavy atom. The van der Waals surface area contributed by atoms with Crippen molar-refractivity contribution in [2.45, 2.75) is 6.92 Å². The van der Waals surface area contributed by atoms with Crippen LogP contribution in [0, 0.1) is 0 Å². The smallest absolute Gasteiger partial charge is 0.338 e. The van der Waals surface area contributed by atoms with Gasteiger partial charge in [-0.2, -0.15) is 0 Å². The number of esters is 1. The van der Waals surface area contributed by atoms with E-state index in [1.807, 2.05) is 50.5 Å².